The summed E-state index contributed by atoms with van der Waals surface area (Å²) in [5, 5.41) is 6.64. The Bertz CT molecular complexity index is 321. The van der Waals surface area contributed by atoms with Gasteiger partial charge in [0.1, 0.15) is 0 Å². The van der Waals surface area contributed by atoms with Crippen LogP contribution >= 0.6 is 24.0 Å². The van der Waals surface area contributed by atoms with Gasteiger partial charge in [-0.2, -0.15) is 0 Å². The van der Waals surface area contributed by atoms with Gasteiger partial charge in [0.25, 0.3) is 0 Å². The number of aliphatic imine (C=N–C) groups is 1. The molecule has 2 aliphatic carbocycles. The molecule has 6 heteroatoms. The minimum absolute atomic E-state index is 0. The number of rotatable bonds is 13. The van der Waals surface area contributed by atoms with Gasteiger partial charge in [0.15, 0.2) is 5.96 Å². The van der Waals surface area contributed by atoms with Crippen LogP contribution in [-0.4, -0.2) is 52.0 Å². The Kier molecular flexibility index (Phi) is 12.1. The summed E-state index contributed by atoms with van der Waals surface area (Å²) < 4.78 is 11.3. The molecule has 0 aromatic heterocycles. The first-order valence-corrected chi connectivity index (χ1v) is 9.06. The largest absolute Gasteiger partial charge is 0.381 e. The monoisotopic (exact) mass is 439 g/mol. The van der Waals surface area contributed by atoms with Crippen molar-refractivity contribution in [3.63, 3.8) is 0 Å². The van der Waals surface area contributed by atoms with Gasteiger partial charge >= 0.3 is 0 Å². The highest BCUT2D eigenvalue weighted by molar-refractivity contribution is 14.0. The lowest BCUT2D eigenvalue weighted by Crippen LogP contribution is -2.38. The van der Waals surface area contributed by atoms with Crippen molar-refractivity contribution in [2.24, 2.45) is 16.8 Å². The van der Waals surface area contributed by atoms with Gasteiger partial charge in [-0.15, -0.1) is 24.0 Å². The smallest absolute Gasteiger partial charge is 0.191 e. The minimum Gasteiger partial charge on any atom is -0.381 e. The van der Waals surface area contributed by atoms with Gasteiger partial charge in [0.05, 0.1) is 0 Å². The minimum atomic E-state index is 0. The van der Waals surface area contributed by atoms with E-state index in [2.05, 4.69) is 22.5 Å². The molecule has 2 N–H and O–H groups in total. The number of nitrogens with zero attached hydrogens (tertiary/aromatic N) is 1. The highest BCUT2D eigenvalue weighted by atomic mass is 127. The highest BCUT2D eigenvalue weighted by Crippen LogP contribution is 2.29. The van der Waals surface area contributed by atoms with Crippen molar-refractivity contribution in [2.75, 3.05) is 46.1 Å². The van der Waals surface area contributed by atoms with E-state index in [0.29, 0.717) is 0 Å². The number of ether oxygens (including phenoxy) is 2. The maximum atomic E-state index is 5.63. The SMILES string of the molecule is CCNC(=NCCCOCC1CC1)NCCCOCC1CC1.I. The van der Waals surface area contributed by atoms with E-state index in [0.717, 1.165) is 76.7 Å². The molecule has 0 aromatic rings. The van der Waals surface area contributed by atoms with Crippen LogP contribution in [0.25, 0.3) is 0 Å². The van der Waals surface area contributed by atoms with E-state index < -0.39 is 0 Å². The quantitative estimate of drug-likeness (QED) is 0.201. The standard InChI is InChI=1S/C17H33N3O2.HI/c1-2-18-17(19-9-3-11-21-13-15-5-6-15)20-10-4-12-22-14-16-7-8-16;/h15-16H,2-14H2,1H3,(H2,18,19,20);1H. The average Bonchev–Trinajstić information content (AvgIpc) is 3.40. The molecule has 0 atom stereocenters. The number of hydrogen-bond donors (Lipinski definition) is 2. The number of halogens is 1. The van der Waals surface area contributed by atoms with Gasteiger partial charge < -0.3 is 20.1 Å². The fourth-order valence-corrected chi connectivity index (χ4v) is 2.15. The van der Waals surface area contributed by atoms with Gasteiger partial charge in [0, 0.05) is 46.1 Å². The van der Waals surface area contributed by atoms with Crippen LogP contribution in [0.3, 0.4) is 0 Å². The van der Waals surface area contributed by atoms with E-state index in [4.69, 9.17) is 9.47 Å². The zero-order valence-electron chi connectivity index (χ0n) is 14.5. The van der Waals surface area contributed by atoms with Crippen LogP contribution in [0.2, 0.25) is 0 Å². The Balaban J connectivity index is 0.00000264. The third kappa shape index (κ3) is 12.0. The molecule has 2 saturated carbocycles. The molecule has 0 unspecified atom stereocenters. The summed E-state index contributed by atoms with van der Waals surface area (Å²) in [4.78, 5) is 4.58. The molecular formula is C17H34IN3O2. The van der Waals surface area contributed by atoms with Crippen LogP contribution in [-0.2, 0) is 9.47 Å². The molecule has 5 nitrogen and oxygen atoms in total. The fraction of sp³-hybridized carbons (Fsp3) is 0.941. The Morgan fingerprint density at radius 1 is 0.957 bits per heavy atom. The molecule has 0 heterocycles. The Hall–Kier alpha value is -0.0800. The molecule has 2 fully saturated rings. The molecule has 2 rings (SSSR count). The van der Waals surface area contributed by atoms with Gasteiger partial charge in [-0.25, -0.2) is 0 Å². The Labute approximate surface area is 158 Å². The first-order chi connectivity index (χ1) is 10.9. The summed E-state index contributed by atoms with van der Waals surface area (Å²) in [6.45, 7) is 8.29. The predicted octanol–water partition coefficient (Wildman–Crippen LogP) is 2.79. The Morgan fingerprint density at radius 3 is 2.13 bits per heavy atom. The normalized spacial score (nSPS) is 17.7. The molecule has 136 valence electrons. The van der Waals surface area contributed by atoms with E-state index in [9.17, 15) is 0 Å². The Morgan fingerprint density at radius 2 is 1.57 bits per heavy atom. The summed E-state index contributed by atoms with van der Waals surface area (Å²) in [6.07, 6.45) is 7.46. The molecule has 0 aliphatic heterocycles. The van der Waals surface area contributed by atoms with Crippen LogP contribution in [0, 0.1) is 11.8 Å². The molecule has 0 amide bonds. The lowest BCUT2D eigenvalue weighted by Gasteiger charge is -2.11. The lowest BCUT2D eigenvalue weighted by molar-refractivity contribution is 0.122. The zero-order chi connectivity index (χ0) is 15.5. The van der Waals surface area contributed by atoms with E-state index in [1.165, 1.54) is 25.7 Å². The summed E-state index contributed by atoms with van der Waals surface area (Å²) >= 11 is 0. The van der Waals surface area contributed by atoms with Crippen molar-refractivity contribution in [1.82, 2.24) is 10.6 Å². The molecule has 0 aromatic carbocycles. The third-order valence-corrected chi connectivity index (χ3v) is 3.92. The van der Waals surface area contributed by atoms with Crippen molar-refractivity contribution in [2.45, 2.75) is 45.4 Å². The second-order valence-corrected chi connectivity index (χ2v) is 6.43. The second kappa shape index (κ2) is 13.2. The molecular weight excluding hydrogens is 405 g/mol. The van der Waals surface area contributed by atoms with Crippen molar-refractivity contribution in [3.8, 4) is 0 Å². The van der Waals surface area contributed by atoms with Crippen LogP contribution in [0.4, 0.5) is 0 Å². The zero-order valence-corrected chi connectivity index (χ0v) is 16.8. The van der Waals surface area contributed by atoms with Crippen LogP contribution in [0.5, 0.6) is 0 Å². The summed E-state index contributed by atoms with van der Waals surface area (Å²) in [5.41, 5.74) is 0. The summed E-state index contributed by atoms with van der Waals surface area (Å²) in [7, 11) is 0. The maximum absolute atomic E-state index is 5.63. The molecule has 0 radical (unpaired) electrons. The van der Waals surface area contributed by atoms with E-state index >= 15 is 0 Å². The van der Waals surface area contributed by atoms with E-state index in [1.807, 2.05) is 0 Å². The number of nitrogens with one attached hydrogen (secondary N) is 2. The van der Waals surface area contributed by atoms with Crippen molar-refractivity contribution >= 4 is 29.9 Å². The molecule has 0 saturated heterocycles. The topological polar surface area (TPSA) is 54.9 Å². The fourth-order valence-electron chi connectivity index (χ4n) is 2.15. The van der Waals surface area contributed by atoms with E-state index in [1.54, 1.807) is 0 Å². The van der Waals surface area contributed by atoms with Crippen LogP contribution in [0.1, 0.15) is 45.4 Å². The molecule has 0 spiro atoms. The van der Waals surface area contributed by atoms with Gasteiger partial charge in [0.2, 0.25) is 0 Å². The predicted molar refractivity (Wildman–Crippen MR) is 106 cm³/mol. The van der Waals surface area contributed by atoms with E-state index in [-0.39, 0.29) is 24.0 Å². The molecule has 2 aliphatic rings. The molecule has 0 bridgehead atoms. The van der Waals surface area contributed by atoms with Gasteiger partial charge in [-0.05, 0) is 57.3 Å². The van der Waals surface area contributed by atoms with Crippen LogP contribution < -0.4 is 10.6 Å². The van der Waals surface area contributed by atoms with Crippen LogP contribution in [0.15, 0.2) is 4.99 Å². The third-order valence-electron chi connectivity index (χ3n) is 3.92. The van der Waals surface area contributed by atoms with Gasteiger partial charge in [-0.3, -0.25) is 4.99 Å². The molecule has 23 heavy (non-hydrogen) atoms. The van der Waals surface area contributed by atoms with Crippen molar-refractivity contribution < 1.29 is 9.47 Å². The van der Waals surface area contributed by atoms with Crippen molar-refractivity contribution in [3.05, 3.63) is 0 Å². The summed E-state index contributed by atoms with van der Waals surface area (Å²) in [6, 6.07) is 0. The maximum Gasteiger partial charge on any atom is 0.191 e. The van der Waals surface area contributed by atoms with Crippen molar-refractivity contribution in [1.29, 1.82) is 0 Å². The number of hydrogen-bond acceptors (Lipinski definition) is 3. The first kappa shape index (κ1) is 21.0. The second-order valence-electron chi connectivity index (χ2n) is 6.43. The lowest BCUT2D eigenvalue weighted by atomic mass is 10.4. The highest BCUT2D eigenvalue weighted by Gasteiger charge is 2.21. The first-order valence-electron chi connectivity index (χ1n) is 9.06. The number of guanidine groups is 1. The summed E-state index contributed by atoms with van der Waals surface area (Å²) in [5.74, 6) is 2.62. The van der Waals surface area contributed by atoms with Gasteiger partial charge in [-0.1, -0.05) is 0 Å². The average molecular weight is 439 g/mol.